The molecule has 4 heteroatoms. The fourth-order valence-electron chi connectivity index (χ4n) is 3.66. The lowest BCUT2D eigenvalue weighted by Crippen LogP contribution is -2.39. The first-order valence-corrected chi connectivity index (χ1v) is 8.69. The molecule has 0 spiro atoms. The number of nitrogens with one attached hydrogen (secondary N) is 1. The highest BCUT2D eigenvalue weighted by Gasteiger charge is 2.30. The number of pyridine rings is 1. The third-order valence-corrected chi connectivity index (χ3v) is 4.94. The molecule has 1 aliphatic rings. The van der Waals surface area contributed by atoms with Gasteiger partial charge in [0, 0.05) is 18.1 Å². The van der Waals surface area contributed by atoms with Crippen LogP contribution in [0.4, 0.5) is 0 Å². The second-order valence-corrected chi connectivity index (χ2v) is 6.58. The van der Waals surface area contributed by atoms with Crippen molar-refractivity contribution in [1.82, 2.24) is 9.88 Å². The van der Waals surface area contributed by atoms with Crippen molar-refractivity contribution in [2.45, 2.75) is 25.3 Å². The number of para-hydroxylation sites is 1. The number of aromatic nitrogens is 1. The minimum atomic E-state index is -0.311. The number of benzene rings is 2. The van der Waals surface area contributed by atoms with Gasteiger partial charge in [0.1, 0.15) is 5.56 Å². The Bertz CT molecular complexity index is 962. The Balaban J connectivity index is 1.63. The van der Waals surface area contributed by atoms with Crippen molar-refractivity contribution in [2.75, 3.05) is 6.54 Å². The van der Waals surface area contributed by atoms with Crippen molar-refractivity contribution in [2.24, 2.45) is 0 Å². The van der Waals surface area contributed by atoms with E-state index in [1.165, 1.54) is 5.56 Å². The molecule has 1 aliphatic heterocycles. The van der Waals surface area contributed by atoms with Crippen LogP contribution in [0.2, 0.25) is 0 Å². The van der Waals surface area contributed by atoms with Crippen LogP contribution in [0.25, 0.3) is 10.9 Å². The highest BCUT2D eigenvalue weighted by Crippen LogP contribution is 2.23. The third-order valence-electron chi connectivity index (χ3n) is 4.94. The molecule has 1 fully saturated rings. The van der Waals surface area contributed by atoms with Crippen LogP contribution >= 0.6 is 0 Å². The average Bonchev–Trinajstić information content (AvgIpc) is 3.09. The second kappa shape index (κ2) is 6.55. The summed E-state index contributed by atoms with van der Waals surface area (Å²) >= 11 is 0. The van der Waals surface area contributed by atoms with Crippen LogP contribution in [0.5, 0.6) is 0 Å². The summed E-state index contributed by atoms with van der Waals surface area (Å²) in [7, 11) is 0. The Hall–Kier alpha value is -2.88. The SMILES string of the molecule is O=C(c1cc2ccccc2[nH]c1=O)N1CCCC1Cc1ccccc1. The largest absolute Gasteiger partial charge is 0.335 e. The Labute approximate surface area is 146 Å². The first-order valence-electron chi connectivity index (χ1n) is 8.69. The molecular formula is C21H20N2O2. The highest BCUT2D eigenvalue weighted by molar-refractivity contribution is 5.97. The fraction of sp³-hybridized carbons (Fsp3) is 0.238. The highest BCUT2D eigenvalue weighted by atomic mass is 16.2. The van der Waals surface area contributed by atoms with Crippen molar-refractivity contribution in [1.29, 1.82) is 0 Å². The zero-order chi connectivity index (χ0) is 17.2. The fourth-order valence-corrected chi connectivity index (χ4v) is 3.66. The van der Waals surface area contributed by atoms with Gasteiger partial charge in [-0.05, 0) is 42.3 Å². The van der Waals surface area contributed by atoms with E-state index < -0.39 is 0 Å². The number of hydrogen-bond acceptors (Lipinski definition) is 2. The molecule has 2 heterocycles. The van der Waals surface area contributed by atoms with Crippen LogP contribution in [0, 0.1) is 0 Å². The molecule has 1 amide bonds. The molecule has 0 radical (unpaired) electrons. The molecule has 0 saturated carbocycles. The lowest BCUT2D eigenvalue weighted by Gasteiger charge is -2.24. The summed E-state index contributed by atoms with van der Waals surface area (Å²) in [6.07, 6.45) is 2.79. The topological polar surface area (TPSA) is 53.2 Å². The average molecular weight is 332 g/mol. The van der Waals surface area contributed by atoms with Crippen LogP contribution in [0.1, 0.15) is 28.8 Å². The predicted molar refractivity (Wildman–Crippen MR) is 98.8 cm³/mol. The van der Waals surface area contributed by atoms with Crippen LogP contribution in [0.3, 0.4) is 0 Å². The smallest absolute Gasteiger partial charge is 0.261 e. The predicted octanol–water partition coefficient (Wildman–Crippen LogP) is 3.38. The van der Waals surface area contributed by atoms with E-state index in [-0.39, 0.29) is 23.1 Å². The van der Waals surface area contributed by atoms with Crippen LogP contribution in [-0.2, 0) is 6.42 Å². The monoisotopic (exact) mass is 332 g/mol. The summed E-state index contributed by atoms with van der Waals surface area (Å²) in [5, 5.41) is 0.879. The summed E-state index contributed by atoms with van der Waals surface area (Å²) in [6.45, 7) is 0.711. The number of aromatic amines is 1. The van der Waals surface area contributed by atoms with E-state index in [0.717, 1.165) is 30.2 Å². The van der Waals surface area contributed by atoms with E-state index in [9.17, 15) is 9.59 Å². The van der Waals surface area contributed by atoms with Gasteiger partial charge in [-0.3, -0.25) is 9.59 Å². The lowest BCUT2D eigenvalue weighted by molar-refractivity contribution is 0.0735. The molecule has 3 aromatic rings. The molecule has 1 N–H and O–H groups in total. The van der Waals surface area contributed by atoms with Gasteiger partial charge in [-0.15, -0.1) is 0 Å². The number of hydrogen-bond donors (Lipinski definition) is 1. The third kappa shape index (κ3) is 3.07. The zero-order valence-electron chi connectivity index (χ0n) is 13.9. The van der Waals surface area contributed by atoms with Crippen molar-refractivity contribution in [3.63, 3.8) is 0 Å². The minimum absolute atomic E-state index is 0.153. The van der Waals surface area contributed by atoms with Gasteiger partial charge in [0.2, 0.25) is 0 Å². The molecule has 4 nitrogen and oxygen atoms in total. The second-order valence-electron chi connectivity index (χ2n) is 6.58. The van der Waals surface area contributed by atoms with Gasteiger partial charge in [-0.25, -0.2) is 0 Å². The summed E-state index contributed by atoms with van der Waals surface area (Å²) in [5.74, 6) is -0.162. The number of H-pyrrole nitrogens is 1. The van der Waals surface area contributed by atoms with Gasteiger partial charge in [-0.1, -0.05) is 48.5 Å². The molecule has 1 atom stereocenters. The van der Waals surface area contributed by atoms with Crippen LogP contribution < -0.4 is 5.56 Å². The van der Waals surface area contributed by atoms with E-state index in [1.54, 1.807) is 6.07 Å². The molecule has 1 saturated heterocycles. The molecule has 2 aromatic carbocycles. The summed E-state index contributed by atoms with van der Waals surface area (Å²) in [5.41, 5.74) is 1.90. The number of amides is 1. The lowest BCUT2D eigenvalue weighted by atomic mass is 10.0. The first kappa shape index (κ1) is 15.6. The molecule has 1 aromatic heterocycles. The van der Waals surface area contributed by atoms with Crippen molar-refractivity contribution in [3.05, 3.63) is 82.1 Å². The van der Waals surface area contributed by atoms with Crippen LogP contribution in [-0.4, -0.2) is 28.4 Å². The molecule has 4 rings (SSSR count). The van der Waals surface area contributed by atoms with Crippen LogP contribution in [0.15, 0.2) is 65.5 Å². The number of nitrogens with zero attached hydrogens (tertiary/aromatic N) is 1. The molecule has 25 heavy (non-hydrogen) atoms. The minimum Gasteiger partial charge on any atom is -0.335 e. The zero-order valence-corrected chi connectivity index (χ0v) is 13.9. The number of fused-ring (bicyclic) bond motifs is 1. The van der Waals surface area contributed by atoms with Crippen molar-refractivity contribution in [3.8, 4) is 0 Å². The molecule has 0 bridgehead atoms. The number of rotatable bonds is 3. The Morgan fingerprint density at radius 3 is 2.68 bits per heavy atom. The van der Waals surface area contributed by atoms with E-state index in [2.05, 4.69) is 17.1 Å². The van der Waals surface area contributed by atoms with Gasteiger partial charge in [0.25, 0.3) is 11.5 Å². The van der Waals surface area contributed by atoms with E-state index in [4.69, 9.17) is 0 Å². The number of carbonyl (C=O) groups is 1. The molecular weight excluding hydrogens is 312 g/mol. The van der Waals surface area contributed by atoms with Gasteiger partial charge in [-0.2, -0.15) is 0 Å². The van der Waals surface area contributed by atoms with Gasteiger partial charge in [0.15, 0.2) is 0 Å². The summed E-state index contributed by atoms with van der Waals surface area (Å²) in [6, 6.07) is 19.6. The Kier molecular flexibility index (Phi) is 4.10. The van der Waals surface area contributed by atoms with E-state index in [0.29, 0.717) is 6.54 Å². The first-order chi connectivity index (χ1) is 12.2. The van der Waals surface area contributed by atoms with Gasteiger partial charge in [0.05, 0.1) is 0 Å². The molecule has 126 valence electrons. The summed E-state index contributed by atoms with van der Waals surface area (Å²) in [4.78, 5) is 30.1. The number of likely N-dealkylation sites (tertiary alicyclic amines) is 1. The summed E-state index contributed by atoms with van der Waals surface area (Å²) < 4.78 is 0. The van der Waals surface area contributed by atoms with E-state index in [1.807, 2.05) is 47.4 Å². The Morgan fingerprint density at radius 2 is 1.84 bits per heavy atom. The normalized spacial score (nSPS) is 17.1. The maximum atomic E-state index is 13.0. The quantitative estimate of drug-likeness (QED) is 0.799. The van der Waals surface area contributed by atoms with Crippen molar-refractivity contribution >= 4 is 16.8 Å². The number of carbonyl (C=O) groups excluding carboxylic acids is 1. The molecule has 0 aliphatic carbocycles. The van der Waals surface area contributed by atoms with E-state index >= 15 is 0 Å². The van der Waals surface area contributed by atoms with Gasteiger partial charge >= 0.3 is 0 Å². The van der Waals surface area contributed by atoms with Gasteiger partial charge < -0.3 is 9.88 Å². The Morgan fingerprint density at radius 1 is 1.08 bits per heavy atom. The standard InChI is InChI=1S/C21H20N2O2/c24-20-18(14-16-9-4-5-11-19(16)22-20)21(25)23-12-6-10-17(23)13-15-7-2-1-3-8-15/h1-5,7-9,11,14,17H,6,10,12-13H2,(H,22,24). The maximum Gasteiger partial charge on any atom is 0.261 e. The van der Waals surface area contributed by atoms with Crippen molar-refractivity contribution < 1.29 is 4.79 Å². The molecule has 1 unspecified atom stereocenters. The maximum absolute atomic E-state index is 13.0.